The number of aliphatic hydroxyl groups is 1. The van der Waals surface area contributed by atoms with E-state index in [4.69, 9.17) is 0 Å². The lowest BCUT2D eigenvalue weighted by atomic mass is 10.1. The van der Waals surface area contributed by atoms with Crippen molar-refractivity contribution in [1.29, 1.82) is 0 Å². The summed E-state index contributed by atoms with van der Waals surface area (Å²) >= 11 is 0. The Morgan fingerprint density at radius 3 is 2.38 bits per heavy atom. The van der Waals surface area contributed by atoms with Crippen LogP contribution in [0.4, 0.5) is 0 Å². The number of phenols is 1. The first-order valence-electron chi connectivity index (χ1n) is 6.45. The molecule has 3 N–H and O–H groups in total. The monoisotopic (exact) mass is 284 g/mol. The van der Waals surface area contributed by atoms with Gasteiger partial charge in [-0.05, 0) is 24.6 Å². The number of hydrazone groups is 1. The molecule has 2 aromatic rings. The molecule has 0 bridgehead atoms. The quantitative estimate of drug-likeness (QED) is 0.593. The lowest BCUT2D eigenvalue weighted by molar-refractivity contribution is -0.129. The second-order valence-electron chi connectivity index (χ2n) is 4.50. The lowest BCUT2D eigenvalue weighted by Gasteiger charge is -2.09. The van der Waals surface area contributed by atoms with Crippen LogP contribution in [0.25, 0.3) is 0 Å². The number of carbonyl (C=O) groups is 1. The molecule has 0 unspecified atom stereocenters. The summed E-state index contributed by atoms with van der Waals surface area (Å²) in [7, 11) is 0. The van der Waals surface area contributed by atoms with Crippen LogP contribution in [-0.4, -0.2) is 21.8 Å². The molecule has 0 fully saturated rings. The van der Waals surface area contributed by atoms with Crippen molar-refractivity contribution in [3.8, 4) is 5.75 Å². The van der Waals surface area contributed by atoms with Crippen LogP contribution in [0.3, 0.4) is 0 Å². The Labute approximate surface area is 122 Å². The van der Waals surface area contributed by atoms with E-state index < -0.39 is 12.0 Å². The van der Waals surface area contributed by atoms with Crippen molar-refractivity contribution in [1.82, 2.24) is 5.43 Å². The predicted octanol–water partition coefficient (Wildman–Crippen LogP) is 1.97. The average molecular weight is 284 g/mol. The lowest BCUT2D eigenvalue weighted by Crippen LogP contribution is -2.26. The van der Waals surface area contributed by atoms with Crippen LogP contribution in [0, 0.1) is 0 Å². The number of carbonyl (C=O) groups excluding carboxylic acids is 1. The molecule has 1 amide bonds. The molecule has 0 radical (unpaired) electrons. The highest BCUT2D eigenvalue weighted by molar-refractivity contribution is 6.01. The fourth-order valence-electron chi connectivity index (χ4n) is 1.83. The van der Waals surface area contributed by atoms with E-state index >= 15 is 0 Å². The Morgan fingerprint density at radius 1 is 1.10 bits per heavy atom. The van der Waals surface area contributed by atoms with Crippen LogP contribution in [0.2, 0.25) is 0 Å². The van der Waals surface area contributed by atoms with E-state index in [1.54, 1.807) is 55.5 Å². The molecule has 0 spiro atoms. The minimum Gasteiger partial charge on any atom is -0.507 e. The van der Waals surface area contributed by atoms with Gasteiger partial charge in [0, 0.05) is 5.56 Å². The van der Waals surface area contributed by atoms with Crippen molar-refractivity contribution in [2.75, 3.05) is 0 Å². The molecule has 2 rings (SSSR count). The Balaban J connectivity index is 2.07. The molecule has 0 heterocycles. The number of aliphatic hydroxyl groups excluding tert-OH is 1. The van der Waals surface area contributed by atoms with Gasteiger partial charge in [-0.15, -0.1) is 0 Å². The number of amides is 1. The summed E-state index contributed by atoms with van der Waals surface area (Å²) in [4.78, 5) is 11.8. The zero-order valence-electron chi connectivity index (χ0n) is 11.5. The van der Waals surface area contributed by atoms with Crippen molar-refractivity contribution < 1.29 is 15.0 Å². The number of nitrogens with zero attached hydrogens (tertiary/aromatic N) is 1. The summed E-state index contributed by atoms with van der Waals surface area (Å²) in [6, 6.07) is 15.3. The first-order valence-corrected chi connectivity index (χ1v) is 6.45. The summed E-state index contributed by atoms with van der Waals surface area (Å²) in [5.74, 6) is -0.549. The first-order chi connectivity index (χ1) is 10.1. The molecule has 0 aliphatic carbocycles. The zero-order chi connectivity index (χ0) is 15.2. The molecule has 108 valence electrons. The number of hydrogen-bond acceptors (Lipinski definition) is 4. The third-order valence-corrected chi connectivity index (χ3v) is 2.99. The highest BCUT2D eigenvalue weighted by Crippen LogP contribution is 2.16. The second kappa shape index (κ2) is 6.67. The highest BCUT2D eigenvalue weighted by Gasteiger charge is 2.16. The summed E-state index contributed by atoms with van der Waals surface area (Å²) in [6.45, 7) is 1.66. The van der Waals surface area contributed by atoms with Gasteiger partial charge in [-0.25, -0.2) is 5.43 Å². The largest absolute Gasteiger partial charge is 0.507 e. The van der Waals surface area contributed by atoms with Gasteiger partial charge >= 0.3 is 0 Å². The molecular formula is C16H16N2O3. The summed E-state index contributed by atoms with van der Waals surface area (Å²) < 4.78 is 0. The molecule has 5 heteroatoms. The Morgan fingerprint density at radius 2 is 1.71 bits per heavy atom. The van der Waals surface area contributed by atoms with Crippen LogP contribution in [0.5, 0.6) is 5.75 Å². The van der Waals surface area contributed by atoms with Gasteiger partial charge in [0.2, 0.25) is 0 Å². The van der Waals surface area contributed by atoms with Gasteiger partial charge in [-0.1, -0.05) is 42.5 Å². The Bertz CT molecular complexity index is 654. The van der Waals surface area contributed by atoms with E-state index in [2.05, 4.69) is 10.5 Å². The second-order valence-corrected chi connectivity index (χ2v) is 4.50. The van der Waals surface area contributed by atoms with E-state index in [0.717, 1.165) is 0 Å². The van der Waals surface area contributed by atoms with Crippen LogP contribution in [0.15, 0.2) is 59.7 Å². The van der Waals surface area contributed by atoms with Crippen LogP contribution < -0.4 is 5.43 Å². The summed E-state index contributed by atoms with van der Waals surface area (Å²) in [5, 5.41) is 23.5. The topological polar surface area (TPSA) is 81.9 Å². The zero-order valence-corrected chi connectivity index (χ0v) is 11.5. The van der Waals surface area contributed by atoms with Crippen LogP contribution >= 0.6 is 0 Å². The Hall–Kier alpha value is -2.66. The van der Waals surface area contributed by atoms with Crippen molar-refractivity contribution >= 4 is 11.6 Å². The van der Waals surface area contributed by atoms with Crippen LogP contribution in [0.1, 0.15) is 24.2 Å². The predicted molar refractivity (Wildman–Crippen MR) is 79.9 cm³/mol. The highest BCUT2D eigenvalue weighted by atomic mass is 16.3. The van der Waals surface area contributed by atoms with E-state index in [-0.39, 0.29) is 5.75 Å². The molecular weight excluding hydrogens is 268 g/mol. The smallest absolute Gasteiger partial charge is 0.273 e. The van der Waals surface area contributed by atoms with E-state index in [9.17, 15) is 15.0 Å². The van der Waals surface area contributed by atoms with Crippen molar-refractivity contribution in [3.63, 3.8) is 0 Å². The van der Waals surface area contributed by atoms with Gasteiger partial charge < -0.3 is 10.2 Å². The summed E-state index contributed by atoms with van der Waals surface area (Å²) in [5.41, 5.74) is 3.75. The molecule has 0 aliphatic rings. The maximum absolute atomic E-state index is 11.8. The minimum atomic E-state index is -1.29. The number of benzene rings is 2. The SMILES string of the molecule is C/C(=N/NC(=O)[C@H](O)c1ccccc1)c1ccccc1O. The van der Waals surface area contributed by atoms with Gasteiger partial charge in [0.25, 0.3) is 5.91 Å². The van der Waals surface area contributed by atoms with Gasteiger partial charge in [-0.3, -0.25) is 4.79 Å². The van der Waals surface area contributed by atoms with Crippen LogP contribution in [-0.2, 0) is 4.79 Å². The minimum absolute atomic E-state index is 0.0802. The first kappa shape index (κ1) is 14.7. The molecule has 5 nitrogen and oxygen atoms in total. The number of para-hydroxylation sites is 1. The number of phenolic OH excluding ortho intramolecular Hbond substituents is 1. The molecule has 0 saturated heterocycles. The maximum Gasteiger partial charge on any atom is 0.273 e. The molecule has 1 atom stereocenters. The third-order valence-electron chi connectivity index (χ3n) is 2.99. The molecule has 0 aromatic heterocycles. The van der Waals surface area contributed by atoms with E-state index in [1.807, 2.05) is 0 Å². The fourth-order valence-corrected chi connectivity index (χ4v) is 1.83. The molecule has 21 heavy (non-hydrogen) atoms. The number of hydrogen-bond donors (Lipinski definition) is 3. The fraction of sp³-hybridized carbons (Fsp3) is 0.125. The number of aromatic hydroxyl groups is 1. The van der Waals surface area contributed by atoms with Gasteiger partial charge in [-0.2, -0.15) is 5.10 Å². The Kier molecular flexibility index (Phi) is 4.68. The molecule has 2 aromatic carbocycles. The number of nitrogens with one attached hydrogen (secondary N) is 1. The van der Waals surface area contributed by atoms with Gasteiger partial charge in [0.05, 0.1) is 5.71 Å². The maximum atomic E-state index is 11.8. The van der Waals surface area contributed by atoms with Crippen molar-refractivity contribution in [3.05, 3.63) is 65.7 Å². The molecule has 0 aliphatic heterocycles. The summed E-state index contributed by atoms with van der Waals surface area (Å²) in [6.07, 6.45) is -1.29. The normalized spacial score (nSPS) is 12.8. The third kappa shape index (κ3) is 3.67. The van der Waals surface area contributed by atoms with Crippen molar-refractivity contribution in [2.24, 2.45) is 5.10 Å². The van der Waals surface area contributed by atoms with E-state index in [0.29, 0.717) is 16.8 Å². The number of rotatable bonds is 4. The van der Waals surface area contributed by atoms with Crippen molar-refractivity contribution in [2.45, 2.75) is 13.0 Å². The van der Waals surface area contributed by atoms with Gasteiger partial charge in [0.15, 0.2) is 6.10 Å². The molecule has 0 saturated carbocycles. The van der Waals surface area contributed by atoms with Gasteiger partial charge in [0.1, 0.15) is 5.75 Å². The van der Waals surface area contributed by atoms with E-state index in [1.165, 1.54) is 6.07 Å². The standard InChI is InChI=1S/C16H16N2O3/c1-11(13-9-5-6-10-14(13)19)17-18-16(21)15(20)12-7-3-2-4-8-12/h2-10,15,19-20H,1H3,(H,18,21)/b17-11-/t15-/m1/s1. The average Bonchev–Trinajstić information content (AvgIpc) is 2.52.